The summed E-state index contributed by atoms with van der Waals surface area (Å²) in [7, 11) is 0. The highest BCUT2D eigenvalue weighted by molar-refractivity contribution is 6.36. The Morgan fingerprint density at radius 1 is 1.16 bits per heavy atom. The van der Waals surface area contributed by atoms with Crippen LogP contribution in [-0.4, -0.2) is 46.0 Å². The summed E-state index contributed by atoms with van der Waals surface area (Å²) in [6.45, 7) is 1.37. The van der Waals surface area contributed by atoms with Crippen LogP contribution in [0.2, 0.25) is 5.02 Å². The van der Waals surface area contributed by atoms with Gasteiger partial charge >= 0.3 is 6.18 Å². The standard InChI is InChI=1S/C23H23ClF3N3O2/c24-21-18(7-8-30-16(12-23(25,26)27)13-28-22(21)30)14-1-6-19-20(11-14)32-10-9-29(19)15-2-4-17(31)5-3-15/h1,6-8,11,13,15,17,31H,2-5,9-10,12H2. The molecule has 0 saturated heterocycles. The Hall–Kier alpha value is -2.45. The fourth-order valence-electron chi connectivity index (χ4n) is 4.78. The third-order valence-corrected chi connectivity index (χ3v) is 6.73. The van der Waals surface area contributed by atoms with E-state index in [4.69, 9.17) is 16.3 Å². The molecule has 1 fully saturated rings. The summed E-state index contributed by atoms with van der Waals surface area (Å²) in [5.41, 5.74) is 2.87. The third-order valence-electron chi connectivity index (χ3n) is 6.36. The lowest BCUT2D eigenvalue weighted by Crippen LogP contribution is -2.43. The minimum atomic E-state index is -4.32. The smallest absolute Gasteiger partial charge is 0.394 e. The molecule has 1 aliphatic carbocycles. The predicted molar refractivity (Wildman–Crippen MR) is 117 cm³/mol. The van der Waals surface area contributed by atoms with E-state index in [9.17, 15) is 18.3 Å². The molecule has 0 radical (unpaired) electrons. The van der Waals surface area contributed by atoms with Crippen molar-refractivity contribution in [3.8, 4) is 16.9 Å². The second-order valence-corrected chi connectivity index (χ2v) is 8.84. The number of aliphatic hydroxyl groups is 1. The van der Waals surface area contributed by atoms with Crippen LogP contribution in [0.25, 0.3) is 16.8 Å². The number of halogens is 4. The fraction of sp³-hybridized carbons (Fsp3) is 0.435. The number of fused-ring (bicyclic) bond motifs is 2. The van der Waals surface area contributed by atoms with Crippen molar-refractivity contribution in [1.82, 2.24) is 9.38 Å². The first-order chi connectivity index (χ1) is 15.3. The van der Waals surface area contributed by atoms with E-state index in [1.165, 1.54) is 10.6 Å². The van der Waals surface area contributed by atoms with E-state index in [1.807, 2.05) is 18.2 Å². The molecule has 0 unspecified atom stereocenters. The number of aliphatic hydroxyl groups excluding tert-OH is 1. The minimum Gasteiger partial charge on any atom is -0.490 e. The molecule has 1 aliphatic heterocycles. The second kappa shape index (κ2) is 8.15. The molecule has 5 rings (SSSR count). The highest BCUT2D eigenvalue weighted by atomic mass is 35.5. The van der Waals surface area contributed by atoms with Gasteiger partial charge in [0.25, 0.3) is 0 Å². The van der Waals surface area contributed by atoms with Crippen LogP contribution in [-0.2, 0) is 6.42 Å². The van der Waals surface area contributed by atoms with E-state index >= 15 is 0 Å². The van der Waals surface area contributed by atoms with Gasteiger partial charge in [-0.15, -0.1) is 0 Å². The number of imidazole rings is 1. The number of benzene rings is 1. The van der Waals surface area contributed by atoms with Crippen LogP contribution >= 0.6 is 11.6 Å². The van der Waals surface area contributed by atoms with E-state index in [0.29, 0.717) is 28.9 Å². The van der Waals surface area contributed by atoms with Gasteiger partial charge in [-0.25, -0.2) is 4.98 Å². The molecule has 32 heavy (non-hydrogen) atoms. The summed E-state index contributed by atoms with van der Waals surface area (Å²) in [5.74, 6) is 0.761. The first-order valence-electron chi connectivity index (χ1n) is 10.7. The first-order valence-corrected chi connectivity index (χ1v) is 11.1. The highest BCUT2D eigenvalue weighted by Gasteiger charge is 2.31. The summed E-state index contributed by atoms with van der Waals surface area (Å²) in [5, 5.41) is 10.1. The van der Waals surface area contributed by atoms with Crippen molar-refractivity contribution in [2.75, 3.05) is 18.1 Å². The third kappa shape index (κ3) is 4.01. The van der Waals surface area contributed by atoms with Crippen molar-refractivity contribution in [2.45, 2.75) is 50.4 Å². The summed E-state index contributed by atoms with van der Waals surface area (Å²) < 4.78 is 45.8. The second-order valence-electron chi connectivity index (χ2n) is 8.47. The van der Waals surface area contributed by atoms with E-state index in [1.54, 1.807) is 12.3 Å². The molecule has 1 saturated carbocycles. The van der Waals surface area contributed by atoms with Gasteiger partial charge < -0.3 is 19.1 Å². The average molecular weight is 466 g/mol. The summed E-state index contributed by atoms with van der Waals surface area (Å²) in [6, 6.07) is 7.98. The van der Waals surface area contributed by atoms with Crippen molar-refractivity contribution < 1.29 is 23.0 Å². The monoisotopic (exact) mass is 465 g/mol. The van der Waals surface area contributed by atoms with E-state index in [0.717, 1.165) is 49.2 Å². The molecule has 0 spiro atoms. The topological polar surface area (TPSA) is 50.0 Å². The maximum atomic E-state index is 12.8. The van der Waals surface area contributed by atoms with Crippen LogP contribution < -0.4 is 9.64 Å². The maximum Gasteiger partial charge on any atom is 0.394 e. The SMILES string of the molecule is OC1CCC(N2CCOc3cc(-c4ccn5c(CC(F)(F)F)cnc5c4Cl)ccc32)CC1. The molecule has 1 aromatic carbocycles. The van der Waals surface area contributed by atoms with Crippen LogP contribution in [0.4, 0.5) is 18.9 Å². The van der Waals surface area contributed by atoms with Gasteiger partial charge in [0, 0.05) is 24.0 Å². The number of pyridine rings is 1. The van der Waals surface area contributed by atoms with Crippen LogP contribution in [0.15, 0.2) is 36.7 Å². The van der Waals surface area contributed by atoms with Gasteiger partial charge in [-0.3, -0.25) is 0 Å². The van der Waals surface area contributed by atoms with Crippen molar-refractivity contribution in [2.24, 2.45) is 0 Å². The van der Waals surface area contributed by atoms with Crippen LogP contribution in [0, 0.1) is 0 Å². The van der Waals surface area contributed by atoms with Gasteiger partial charge in [-0.2, -0.15) is 13.2 Å². The quantitative estimate of drug-likeness (QED) is 0.573. The molecular formula is C23H23ClF3N3O2. The first kappa shape index (κ1) is 21.4. The molecule has 2 aromatic heterocycles. The molecule has 3 aromatic rings. The number of hydrogen-bond donors (Lipinski definition) is 1. The number of anilines is 1. The molecule has 5 nitrogen and oxygen atoms in total. The van der Waals surface area contributed by atoms with Crippen LogP contribution in [0.5, 0.6) is 5.75 Å². The van der Waals surface area contributed by atoms with Gasteiger partial charge in [-0.05, 0) is 49.4 Å². The Morgan fingerprint density at radius 2 is 1.94 bits per heavy atom. The molecule has 170 valence electrons. The van der Waals surface area contributed by atoms with Gasteiger partial charge in [0.15, 0.2) is 5.65 Å². The van der Waals surface area contributed by atoms with Crippen molar-refractivity contribution in [3.63, 3.8) is 0 Å². The number of hydrogen-bond acceptors (Lipinski definition) is 4. The number of alkyl halides is 3. The summed E-state index contributed by atoms with van der Waals surface area (Å²) in [6.07, 6.45) is 0.723. The van der Waals surface area contributed by atoms with Gasteiger partial charge in [-0.1, -0.05) is 17.7 Å². The Kier molecular flexibility index (Phi) is 5.45. The number of ether oxygens (including phenoxy) is 1. The largest absolute Gasteiger partial charge is 0.490 e. The normalized spacial score (nSPS) is 21.5. The summed E-state index contributed by atoms with van der Waals surface area (Å²) >= 11 is 6.57. The summed E-state index contributed by atoms with van der Waals surface area (Å²) in [4.78, 5) is 6.48. The number of nitrogens with zero attached hydrogens (tertiary/aromatic N) is 3. The number of rotatable bonds is 3. The fourth-order valence-corrected chi connectivity index (χ4v) is 5.10. The molecule has 9 heteroatoms. The lowest BCUT2D eigenvalue weighted by molar-refractivity contribution is -0.127. The lowest BCUT2D eigenvalue weighted by atomic mass is 9.91. The zero-order chi connectivity index (χ0) is 22.5. The van der Waals surface area contributed by atoms with Gasteiger partial charge in [0.2, 0.25) is 0 Å². The van der Waals surface area contributed by atoms with E-state index < -0.39 is 12.6 Å². The predicted octanol–water partition coefficient (Wildman–Crippen LogP) is 5.26. The Balaban J connectivity index is 1.46. The zero-order valence-corrected chi connectivity index (χ0v) is 18.0. The van der Waals surface area contributed by atoms with Crippen molar-refractivity contribution in [3.05, 3.63) is 47.4 Å². The Labute approximate surface area is 188 Å². The van der Waals surface area contributed by atoms with E-state index in [-0.39, 0.29) is 11.8 Å². The maximum absolute atomic E-state index is 12.8. The minimum absolute atomic E-state index is 0.0444. The zero-order valence-electron chi connectivity index (χ0n) is 17.3. The average Bonchev–Trinajstić information content (AvgIpc) is 3.16. The molecule has 1 N–H and O–H groups in total. The van der Waals surface area contributed by atoms with Gasteiger partial charge in [0.1, 0.15) is 12.4 Å². The Bertz CT molecular complexity index is 1140. The van der Waals surface area contributed by atoms with Crippen LogP contribution in [0.1, 0.15) is 31.4 Å². The van der Waals surface area contributed by atoms with Crippen LogP contribution in [0.3, 0.4) is 0 Å². The molecule has 0 amide bonds. The molecule has 3 heterocycles. The molecular weight excluding hydrogens is 443 g/mol. The molecule has 0 bridgehead atoms. The van der Waals surface area contributed by atoms with Crippen molar-refractivity contribution in [1.29, 1.82) is 0 Å². The van der Waals surface area contributed by atoms with Gasteiger partial charge in [0.05, 0.1) is 35.5 Å². The van der Waals surface area contributed by atoms with E-state index in [2.05, 4.69) is 9.88 Å². The Morgan fingerprint density at radius 3 is 2.69 bits per heavy atom. The lowest BCUT2D eigenvalue weighted by Gasteiger charge is -2.40. The van der Waals surface area contributed by atoms with Crippen molar-refractivity contribution >= 4 is 22.9 Å². The number of aromatic nitrogens is 2. The molecule has 2 aliphatic rings. The highest BCUT2D eigenvalue weighted by Crippen LogP contribution is 2.41. The molecule has 0 atom stereocenters.